The van der Waals surface area contributed by atoms with Crippen molar-refractivity contribution >= 4 is 11.5 Å². The standard InChI is InChI=1S/C24H23F3O3/c1-5-14(3)23(29-4)17-11-12-20-21(15(17)6-2)22(28)18(13-30-20)16-9-7-8-10-19(16)24(25,26)27/h5,7-12,18H,1,6,13H2,2-4H3/b23-14+. The Kier molecular flexibility index (Phi) is 6.06. The highest BCUT2D eigenvalue weighted by Crippen LogP contribution is 2.42. The molecule has 2 aromatic carbocycles. The van der Waals surface area contributed by atoms with Gasteiger partial charge in [-0.2, -0.15) is 13.2 Å². The number of carbonyl (C=O) groups excluding carboxylic acids is 1. The molecule has 30 heavy (non-hydrogen) atoms. The number of fused-ring (bicyclic) bond motifs is 1. The second kappa shape index (κ2) is 8.38. The molecule has 3 rings (SSSR count). The Morgan fingerprint density at radius 2 is 1.97 bits per heavy atom. The van der Waals surface area contributed by atoms with Crippen LogP contribution in [0.15, 0.2) is 54.6 Å². The van der Waals surface area contributed by atoms with Gasteiger partial charge in [-0.15, -0.1) is 0 Å². The van der Waals surface area contributed by atoms with Gasteiger partial charge in [-0.1, -0.05) is 37.8 Å². The molecule has 1 aliphatic rings. The van der Waals surface area contributed by atoms with E-state index in [9.17, 15) is 18.0 Å². The number of methoxy groups -OCH3 is 1. The Morgan fingerprint density at radius 1 is 1.27 bits per heavy atom. The summed E-state index contributed by atoms with van der Waals surface area (Å²) in [6, 6.07) is 8.64. The van der Waals surface area contributed by atoms with Gasteiger partial charge in [-0.3, -0.25) is 4.79 Å². The van der Waals surface area contributed by atoms with E-state index in [1.165, 1.54) is 25.3 Å². The highest BCUT2D eigenvalue weighted by Gasteiger charge is 2.40. The zero-order valence-corrected chi connectivity index (χ0v) is 17.1. The van der Waals surface area contributed by atoms with E-state index in [4.69, 9.17) is 9.47 Å². The molecule has 0 N–H and O–H groups in total. The minimum atomic E-state index is -4.56. The third kappa shape index (κ3) is 3.74. The number of hydrogen-bond acceptors (Lipinski definition) is 3. The molecule has 1 heterocycles. The van der Waals surface area contributed by atoms with E-state index >= 15 is 0 Å². The average molecular weight is 416 g/mol. The summed E-state index contributed by atoms with van der Waals surface area (Å²) in [5.74, 6) is -0.465. The van der Waals surface area contributed by atoms with Crippen LogP contribution in [0, 0.1) is 0 Å². The second-order valence-corrected chi connectivity index (χ2v) is 7.05. The maximum atomic E-state index is 13.5. The van der Waals surface area contributed by atoms with Crippen LogP contribution < -0.4 is 4.74 Å². The van der Waals surface area contributed by atoms with Crippen LogP contribution in [0.5, 0.6) is 5.75 Å². The highest BCUT2D eigenvalue weighted by atomic mass is 19.4. The van der Waals surface area contributed by atoms with Crippen LogP contribution in [-0.2, 0) is 17.3 Å². The maximum absolute atomic E-state index is 13.5. The van der Waals surface area contributed by atoms with Crippen LogP contribution in [-0.4, -0.2) is 19.5 Å². The molecular weight excluding hydrogens is 393 g/mol. The van der Waals surface area contributed by atoms with Crippen LogP contribution >= 0.6 is 0 Å². The SMILES string of the molecule is C=C/C(C)=C(/OC)c1ccc2c(c1CC)C(=O)C(c1ccccc1C(F)(F)F)CO2. The molecule has 0 aliphatic carbocycles. The van der Waals surface area contributed by atoms with Crippen molar-refractivity contribution in [2.45, 2.75) is 32.4 Å². The van der Waals surface area contributed by atoms with Gasteiger partial charge in [0.25, 0.3) is 0 Å². The van der Waals surface area contributed by atoms with Gasteiger partial charge in [0.05, 0.1) is 24.2 Å². The Hall–Kier alpha value is -3.02. The predicted octanol–water partition coefficient (Wildman–Crippen LogP) is 6.19. The molecular formula is C24H23F3O3. The average Bonchev–Trinajstić information content (AvgIpc) is 2.73. The molecule has 2 aromatic rings. The minimum Gasteiger partial charge on any atom is -0.496 e. The smallest absolute Gasteiger partial charge is 0.416 e. The van der Waals surface area contributed by atoms with Crippen molar-refractivity contribution in [2.24, 2.45) is 0 Å². The van der Waals surface area contributed by atoms with Gasteiger partial charge in [-0.25, -0.2) is 0 Å². The summed E-state index contributed by atoms with van der Waals surface area (Å²) in [6.45, 7) is 7.35. The van der Waals surface area contributed by atoms with Crippen LogP contribution in [0.25, 0.3) is 5.76 Å². The van der Waals surface area contributed by atoms with E-state index in [1.54, 1.807) is 18.2 Å². The Bertz CT molecular complexity index is 1020. The molecule has 0 fully saturated rings. The quantitative estimate of drug-likeness (QED) is 0.431. The highest BCUT2D eigenvalue weighted by molar-refractivity contribution is 6.06. The molecule has 1 atom stereocenters. The maximum Gasteiger partial charge on any atom is 0.416 e. The van der Waals surface area contributed by atoms with Crippen molar-refractivity contribution < 1.29 is 27.4 Å². The van der Waals surface area contributed by atoms with E-state index in [1.807, 2.05) is 13.8 Å². The molecule has 0 radical (unpaired) electrons. The molecule has 158 valence electrons. The van der Waals surface area contributed by atoms with E-state index in [2.05, 4.69) is 6.58 Å². The summed E-state index contributed by atoms with van der Waals surface area (Å²) in [5, 5.41) is 0. The lowest BCUT2D eigenvalue weighted by atomic mass is 9.82. The van der Waals surface area contributed by atoms with Crippen molar-refractivity contribution in [2.75, 3.05) is 13.7 Å². The number of hydrogen-bond donors (Lipinski definition) is 0. The minimum absolute atomic E-state index is 0.0714. The molecule has 1 aliphatic heterocycles. The van der Waals surface area contributed by atoms with Gasteiger partial charge in [0, 0.05) is 5.56 Å². The molecule has 0 bridgehead atoms. The van der Waals surface area contributed by atoms with Crippen molar-refractivity contribution in [1.82, 2.24) is 0 Å². The first-order chi connectivity index (χ1) is 14.2. The van der Waals surface area contributed by atoms with Crippen molar-refractivity contribution in [3.05, 3.63) is 82.4 Å². The summed E-state index contributed by atoms with van der Waals surface area (Å²) < 4.78 is 51.9. The van der Waals surface area contributed by atoms with Crippen LogP contribution in [0.1, 0.15) is 52.4 Å². The fourth-order valence-corrected chi connectivity index (χ4v) is 3.89. The summed E-state index contributed by atoms with van der Waals surface area (Å²) >= 11 is 0. The largest absolute Gasteiger partial charge is 0.496 e. The molecule has 6 heteroatoms. The summed E-state index contributed by atoms with van der Waals surface area (Å²) in [7, 11) is 1.53. The molecule has 0 saturated heterocycles. The van der Waals surface area contributed by atoms with E-state index in [0.717, 1.165) is 11.6 Å². The molecule has 0 amide bonds. The summed E-state index contributed by atoms with van der Waals surface area (Å²) in [4.78, 5) is 13.5. The van der Waals surface area contributed by atoms with Crippen molar-refractivity contribution in [3.8, 4) is 5.75 Å². The Labute approximate surface area is 173 Å². The topological polar surface area (TPSA) is 35.5 Å². The Balaban J connectivity index is 2.18. The number of ketones is 1. The number of rotatable bonds is 5. The molecule has 3 nitrogen and oxygen atoms in total. The van der Waals surface area contributed by atoms with Gasteiger partial charge >= 0.3 is 6.18 Å². The number of halogens is 3. The van der Waals surface area contributed by atoms with Gasteiger partial charge in [0.15, 0.2) is 5.78 Å². The number of allylic oxidation sites excluding steroid dienone is 2. The zero-order valence-electron chi connectivity index (χ0n) is 17.1. The van der Waals surface area contributed by atoms with E-state index in [0.29, 0.717) is 34.6 Å². The van der Waals surface area contributed by atoms with Crippen LogP contribution in [0.4, 0.5) is 13.2 Å². The number of alkyl halides is 3. The van der Waals surface area contributed by atoms with Crippen LogP contribution in [0.3, 0.4) is 0 Å². The summed E-state index contributed by atoms with van der Waals surface area (Å²) in [5.41, 5.74) is 1.61. The molecule has 0 saturated carbocycles. The fourth-order valence-electron chi connectivity index (χ4n) is 3.89. The van der Waals surface area contributed by atoms with Crippen LogP contribution in [0.2, 0.25) is 0 Å². The lowest BCUT2D eigenvalue weighted by molar-refractivity contribution is -0.138. The Morgan fingerprint density at radius 3 is 2.57 bits per heavy atom. The first-order valence-electron chi connectivity index (χ1n) is 9.61. The molecule has 0 spiro atoms. The fraction of sp³-hybridized carbons (Fsp3) is 0.292. The van der Waals surface area contributed by atoms with Gasteiger partial charge in [0.1, 0.15) is 18.1 Å². The second-order valence-electron chi connectivity index (χ2n) is 7.05. The normalized spacial score (nSPS) is 17.0. The van der Waals surface area contributed by atoms with Gasteiger partial charge in [-0.05, 0) is 48.2 Å². The van der Waals surface area contributed by atoms with E-state index < -0.39 is 17.7 Å². The molecule has 0 aromatic heterocycles. The number of Topliss-reactive ketones (excluding diaryl/α,β-unsaturated/α-hetero) is 1. The third-order valence-electron chi connectivity index (χ3n) is 5.35. The predicted molar refractivity (Wildman–Crippen MR) is 110 cm³/mol. The third-order valence-corrected chi connectivity index (χ3v) is 5.35. The van der Waals surface area contributed by atoms with E-state index in [-0.39, 0.29) is 18.0 Å². The number of benzene rings is 2. The number of carbonyl (C=O) groups is 1. The zero-order chi connectivity index (χ0) is 22.1. The summed E-state index contributed by atoms with van der Waals surface area (Å²) in [6.07, 6.45) is -2.42. The van der Waals surface area contributed by atoms with Crippen molar-refractivity contribution in [1.29, 1.82) is 0 Å². The first-order valence-corrected chi connectivity index (χ1v) is 9.61. The number of ether oxygens (including phenoxy) is 2. The first kappa shape index (κ1) is 21.7. The monoisotopic (exact) mass is 416 g/mol. The lowest BCUT2D eigenvalue weighted by Crippen LogP contribution is -2.29. The molecule has 1 unspecified atom stereocenters. The van der Waals surface area contributed by atoms with Crippen molar-refractivity contribution in [3.63, 3.8) is 0 Å². The van der Waals surface area contributed by atoms with Gasteiger partial charge < -0.3 is 9.47 Å². The lowest BCUT2D eigenvalue weighted by Gasteiger charge is -2.29. The van der Waals surface area contributed by atoms with Gasteiger partial charge in [0.2, 0.25) is 0 Å².